The fourth-order valence-electron chi connectivity index (χ4n) is 5.49. The highest BCUT2D eigenvalue weighted by atomic mass is 35.5. The number of hydrogen-bond donors (Lipinski definition) is 1. The lowest BCUT2D eigenvalue weighted by molar-refractivity contribution is -0.0000627. The van der Waals surface area contributed by atoms with Crippen molar-refractivity contribution in [1.82, 2.24) is 9.80 Å². The number of aliphatic hydroxyl groups is 1. The van der Waals surface area contributed by atoms with Crippen LogP contribution < -0.4 is 21.9 Å². The van der Waals surface area contributed by atoms with Gasteiger partial charge in [0, 0.05) is 29.6 Å². The van der Waals surface area contributed by atoms with Gasteiger partial charge in [-0.3, -0.25) is 14.5 Å². The van der Waals surface area contributed by atoms with E-state index in [0.717, 1.165) is 42.3 Å². The van der Waals surface area contributed by atoms with Crippen molar-refractivity contribution in [3.05, 3.63) is 71.3 Å². The summed E-state index contributed by atoms with van der Waals surface area (Å²) in [6, 6.07) is 16.8. The number of likely N-dealkylation sites (tertiary alicyclic amines) is 1. The quantitative estimate of drug-likeness (QED) is 0.371. The van der Waals surface area contributed by atoms with E-state index in [1.165, 1.54) is 4.90 Å². The number of aliphatic hydroxyl groups excluding tert-OH is 1. The molecule has 0 spiro atoms. The molecule has 39 heavy (non-hydrogen) atoms. The highest BCUT2D eigenvalue weighted by Gasteiger charge is 2.34. The number of amides is 2. The van der Waals surface area contributed by atoms with Crippen LogP contribution in [0.3, 0.4) is 0 Å². The van der Waals surface area contributed by atoms with Gasteiger partial charge in [0.25, 0.3) is 11.8 Å². The van der Waals surface area contributed by atoms with E-state index in [2.05, 4.69) is 4.90 Å². The molecule has 0 bridgehead atoms. The Kier molecular flexibility index (Phi) is 9.45. The molecule has 0 saturated carbocycles. The van der Waals surface area contributed by atoms with Gasteiger partial charge >= 0.3 is 0 Å². The summed E-state index contributed by atoms with van der Waals surface area (Å²) in [5.41, 5.74) is 2.15. The number of carbonyl (C=O) groups excluding carboxylic acids is 2. The SMILES string of the molecule is COc1ccc(COCC(O)CN2CCC(CN3C(=O)c4cccc5cccc(c45)C3=O)CC2)cc1OC.[Cl-]. The lowest BCUT2D eigenvalue weighted by atomic mass is 9.91. The second-order valence-electron chi connectivity index (χ2n) is 10.0. The largest absolute Gasteiger partial charge is 1.00 e. The van der Waals surface area contributed by atoms with Gasteiger partial charge in [-0.2, -0.15) is 0 Å². The molecule has 3 aromatic rings. The van der Waals surface area contributed by atoms with E-state index >= 15 is 0 Å². The summed E-state index contributed by atoms with van der Waals surface area (Å²) >= 11 is 0. The fourth-order valence-corrected chi connectivity index (χ4v) is 5.49. The number of carbonyl (C=O) groups is 2. The monoisotopic (exact) mass is 553 g/mol. The van der Waals surface area contributed by atoms with Crippen molar-refractivity contribution in [2.24, 2.45) is 5.92 Å². The first-order valence-corrected chi connectivity index (χ1v) is 13.1. The Morgan fingerprint density at radius 2 is 1.56 bits per heavy atom. The summed E-state index contributed by atoms with van der Waals surface area (Å²) in [5, 5.41) is 12.2. The maximum atomic E-state index is 13.2. The lowest BCUT2D eigenvalue weighted by Crippen LogP contribution is -3.00. The van der Waals surface area contributed by atoms with Crippen LogP contribution in [-0.2, 0) is 11.3 Å². The van der Waals surface area contributed by atoms with Crippen molar-refractivity contribution in [2.45, 2.75) is 25.6 Å². The van der Waals surface area contributed by atoms with Crippen LogP contribution in [0.15, 0.2) is 54.6 Å². The van der Waals surface area contributed by atoms with E-state index in [1.807, 2.05) is 54.6 Å². The normalized spacial score (nSPS) is 16.7. The molecule has 9 heteroatoms. The topological polar surface area (TPSA) is 88.5 Å². The molecule has 1 unspecified atom stereocenters. The third-order valence-corrected chi connectivity index (χ3v) is 7.50. The van der Waals surface area contributed by atoms with E-state index in [0.29, 0.717) is 42.3 Å². The molecule has 208 valence electrons. The molecule has 2 amide bonds. The molecule has 1 saturated heterocycles. The number of rotatable bonds is 10. The third-order valence-electron chi connectivity index (χ3n) is 7.50. The van der Waals surface area contributed by atoms with Gasteiger partial charge in [0.05, 0.1) is 33.5 Å². The summed E-state index contributed by atoms with van der Waals surface area (Å²) in [5.74, 6) is 1.14. The maximum Gasteiger partial charge on any atom is 0.261 e. The molecule has 0 aromatic heterocycles. The molecular weight excluding hydrogens is 520 g/mol. The van der Waals surface area contributed by atoms with Crippen molar-refractivity contribution in [2.75, 3.05) is 47.0 Å². The number of ether oxygens (including phenoxy) is 3. The zero-order valence-electron chi connectivity index (χ0n) is 22.3. The van der Waals surface area contributed by atoms with Crippen LogP contribution in [0.2, 0.25) is 0 Å². The summed E-state index contributed by atoms with van der Waals surface area (Å²) < 4.78 is 16.3. The molecule has 1 fully saturated rings. The molecule has 8 nitrogen and oxygen atoms in total. The van der Waals surface area contributed by atoms with E-state index in [9.17, 15) is 14.7 Å². The highest BCUT2D eigenvalue weighted by Crippen LogP contribution is 2.31. The van der Waals surface area contributed by atoms with Crippen LogP contribution >= 0.6 is 0 Å². The first-order chi connectivity index (χ1) is 18.5. The predicted octanol–water partition coefficient (Wildman–Crippen LogP) is 0.747. The molecule has 3 aromatic carbocycles. The number of β-amino-alcohol motifs (C(OH)–C–C–N with tert-alkyl or cyclic N) is 1. The van der Waals surface area contributed by atoms with Gasteiger partial charge in [0.15, 0.2) is 11.5 Å². The van der Waals surface area contributed by atoms with E-state index < -0.39 is 6.10 Å². The van der Waals surface area contributed by atoms with Crippen molar-refractivity contribution in [1.29, 1.82) is 0 Å². The Bertz CT molecular complexity index is 1270. The van der Waals surface area contributed by atoms with E-state index in [4.69, 9.17) is 14.2 Å². The summed E-state index contributed by atoms with van der Waals surface area (Å²) in [7, 11) is 3.19. The van der Waals surface area contributed by atoms with Crippen molar-refractivity contribution in [3.63, 3.8) is 0 Å². The van der Waals surface area contributed by atoms with Crippen molar-refractivity contribution in [3.8, 4) is 11.5 Å². The molecule has 1 atom stereocenters. The Hall–Kier alpha value is -3.17. The van der Waals surface area contributed by atoms with Crippen LogP contribution in [-0.4, -0.2) is 79.8 Å². The van der Waals surface area contributed by atoms with Crippen LogP contribution in [0.25, 0.3) is 10.8 Å². The Labute approximate surface area is 234 Å². The molecule has 1 N–H and O–H groups in total. The lowest BCUT2D eigenvalue weighted by Gasteiger charge is -2.36. The van der Waals surface area contributed by atoms with E-state index in [-0.39, 0.29) is 36.7 Å². The summed E-state index contributed by atoms with van der Waals surface area (Å²) in [6.45, 7) is 3.16. The van der Waals surface area contributed by atoms with Gasteiger partial charge in [0.1, 0.15) is 0 Å². The number of halogens is 1. The first-order valence-electron chi connectivity index (χ1n) is 13.1. The number of methoxy groups -OCH3 is 2. The van der Waals surface area contributed by atoms with Gasteiger partial charge < -0.3 is 36.6 Å². The van der Waals surface area contributed by atoms with Crippen LogP contribution in [0.4, 0.5) is 0 Å². The number of imide groups is 1. The van der Waals surface area contributed by atoms with E-state index in [1.54, 1.807) is 14.2 Å². The van der Waals surface area contributed by atoms with Gasteiger partial charge in [-0.05, 0) is 67.1 Å². The number of piperidine rings is 1. The van der Waals surface area contributed by atoms with Gasteiger partial charge in [-0.25, -0.2) is 0 Å². The second-order valence-corrected chi connectivity index (χ2v) is 10.0. The smallest absolute Gasteiger partial charge is 0.261 e. The Morgan fingerprint density at radius 3 is 2.18 bits per heavy atom. The molecule has 0 radical (unpaired) electrons. The third kappa shape index (κ3) is 6.20. The van der Waals surface area contributed by atoms with Crippen LogP contribution in [0, 0.1) is 5.92 Å². The zero-order chi connectivity index (χ0) is 26.6. The number of nitrogens with zero attached hydrogens (tertiary/aromatic N) is 2. The minimum absolute atomic E-state index is 0. The predicted molar refractivity (Wildman–Crippen MR) is 144 cm³/mol. The molecule has 2 heterocycles. The number of hydrogen-bond acceptors (Lipinski definition) is 7. The standard InChI is InChI=1S/C30H34N2O6.ClH/c1-36-26-10-9-21(15-27(26)37-2)18-38-19-23(33)17-31-13-11-20(12-14-31)16-32-29(34)24-7-3-5-22-6-4-8-25(28(22)24)30(32)35;/h3-10,15,20,23,33H,11-14,16-19H2,1-2H3;1H/p-1. The maximum absolute atomic E-state index is 13.2. The molecule has 2 aliphatic rings. The highest BCUT2D eigenvalue weighted by molar-refractivity contribution is 6.25. The Balaban J connectivity index is 0.00000353. The summed E-state index contributed by atoms with van der Waals surface area (Å²) in [6.07, 6.45) is 1.12. The number of benzene rings is 3. The average molecular weight is 554 g/mol. The molecular formula is C30H34ClN2O6-. The van der Waals surface area contributed by atoms with Crippen LogP contribution in [0.5, 0.6) is 11.5 Å². The van der Waals surface area contributed by atoms with Gasteiger partial charge in [-0.15, -0.1) is 0 Å². The molecule has 0 aliphatic carbocycles. The van der Waals surface area contributed by atoms with Gasteiger partial charge in [-0.1, -0.05) is 30.3 Å². The zero-order valence-corrected chi connectivity index (χ0v) is 23.0. The van der Waals surface area contributed by atoms with Crippen molar-refractivity contribution < 1.29 is 41.3 Å². The minimum Gasteiger partial charge on any atom is -1.00 e. The average Bonchev–Trinajstić information content (AvgIpc) is 2.94. The van der Waals surface area contributed by atoms with Crippen molar-refractivity contribution >= 4 is 22.6 Å². The Morgan fingerprint density at radius 1 is 0.923 bits per heavy atom. The minimum atomic E-state index is -0.603. The fraction of sp³-hybridized carbons (Fsp3) is 0.400. The first kappa shape index (κ1) is 28.8. The second kappa shape index (κ2) is 12.8. The van der Waals surface area contributed by atoms with Gasteiger partial charge in [0.2, 0.25) is 0 Å². The molecule has 5 rings (SSSR count). The van der Waals surface area contributed by atoms with Crippen LogP contribution in [0.1, 0.15) is 39.1 Å². The summed E-state index contributed by atoms with van der Waals surface area (Å²) in [4.78, 5) is 30.0. The molecule has 2 aliphatic heterocycles.